The van der Waals surface area contributed by atoms with Crippen molar-refractivity contribution >= 4 is 11.6 Å². The quantitative estimate of drug-likeness (QED) is 0.825. The maximum atomic E-state index is 11.8. The van der Waals surface area contributed by atoms with Crippen LogP contribution in [0.4, 0.5) is 5.69 Å². The summed E-state index contributed by atoms with van der Waals surface area (Å²) in [6.45, 7) is 1.95. The summed E-state index contributed by atoms with van der Waals surface area (Å²) < 4.78 is 0. The number of aryl methyl sites for hydroxylation is 1. The van der Waals surface area contributed by atoms with Gasteiger partial charge in [-0.05, 0) is 19.1 Å². The van der Waals surface area contributed by atoms with Crippen LogP contribution in [-0.4, -0.2) is 10.9 Å². The summed E-state index contributed by atoms with van der Waals surface area (Å²) in [5.41, 5.74) is 1.64. The number of H-pyrrole nitrogens is 1. The summed E-state index contributed by atoms with van der Waals surface area (Å²) in [6, 6.07) is 8.52. The van der Waals surface area contributed by atoms with E-state index in [1.54, 1.807) is 12.1 Å². The molecule has 0 saturated heterocycles. The van der Waals surface area contributed by atoms with Gasteiger partial charge in [0, 0.05) is 24.0 Å². The molecule has 86 valence electrons. The van der Waals surface area contributed by atoms with Crippen LogP contribution in [0.3, 0.4) is 0 Å². The van der Waals surface area contributed by atoms with Crippen LogP contribution < -0.4 is 10.7 Å². The van der Waals surface area contributed by atoms with Gasteiger partial charge in [0.15, 0.2) is 0 Å². The Morgan fingerprint density at radius 1 is 1.18 bits per heavy atom. The molecular formula is C13H12N2O2. The zero-order chi connectivity index (χ0) is 12.3. The number of carbonyl (C=O) groups is 1. The molecule has 0 fully saturated rings. The van der Waals surface area contributed by atoms with E-state index in [1.165, 1.54) is 18.5 Å². The lowest BCUT2D eigenvalue weighted by molar-refractivity contribution is 0.102. The largest absolute Gasteiger partial charge is 0.366 e. The first-order valence-electron chi connectivity index (χ1n) is 5.22. The molecule has 1 heterocycles. The average Bonchev–Trinajstić information content (AvgIpc) is 2.33. The van der Waals surface area contributed by atoms with Crippen molar-refractivity contribution in [2.24, 2.45) is 0 Å². The van der Waals surface area contributed by atoms with E-state index in [0.717, 1.165) is 5.56 Å². The van der Waals surface area contributed by atoms with Crippen LogP contribution in [0, 0.1) is 6.92 Å². The molecule has 2 N–H and O–H groups in total. The monoisotopic (exact) mass is 228 g/mol. The van der Waals surface area contributed by atoms with E-state index in [-0.39, 0.29) is 17.0 Å². The van der Waals surface area contributed by atoms with Gasteiger partial charge in [0.05, 0.1) is 0 Å². The predicted molar refractivity (Wildman–Crippen MR) is 66.2 cm³/mol. The zero-order valence-electron chi connectivity index (χ0n) is 9.36. The van der Waals surface area contributed by atoms with Gasteiger partial charge in [-0.25, -0.2) is 0 Å². The van der Waals surface area contributed by atoms with Crippen molar-refractivity contribution in [3.05, 3.63) is 64.1 Å². The maximum Gasteiger partial charge on any atom is 0.255 e. The van der Waals surface area contributed by atoms with Gasteiger partial charge >= 0.3 is 0 Å². The molecule has 2 rings (SSSR count). The van der Waals surface area contributed by atoms with E-state index in [0.29, 0.717) is 5.56 Å². The summed E-state index contributed by atoms with van der Waals surface area (Å²) in [5.74, 6) is -0.290. The lowest BCUT2D eigenvalue weighted by Gasteiger charge is -2.04. The summed E-state index contributed by atoms with van der Waals surface area (Å²) in [6.07, 6.45) is 2.98. The molecule has 1 amide bonds. The van der Waals surface area contributed by atoms with Crippen LogP contribution in [0.5, 0.6) is 0 Å². The lowest BCUT2D eigenvalue weighted by Crippen LogP contribution is -2.17. The summed E-state index contributed by atoms with van der Waals surface area (Å²) in [5, 5.41) is 2.56. The average molecular weight is 228 g/mol. The molecule has 1 aromatic carbocycles. The minimum atomic E-state index is -0.290. The molecule has 0 bridgehead atoms. The fraction of sp³-hybridized carbons (Fsp3) is 0.0769. The van der Waals surface area contributed by atoms with Gasteiger partial charge in [-0.1, -0.05) is 17.7 Å². The molecule has 0 saturated carbocycles. The van der Waals surface area contributed by atoms with Crippen molar-refractivity contribution in [3.63, 3.8) is 0 Å². The van der Waals surface area contributed by atoms with Crippen molar-refractivity contribution in [1.82, 2.24) is 4.98 Å². The molecule has 2 aromatic rings. The second-order valence-corrected chi connectivity index (χ2v) is 3.74. The smallest absolute Gasteiger partial charge is 0.255 e. The van der Waals surface area contributed by atoms with Gasteiger partial charge in [0.25, 0.3) is 5.91 Å². The highest BCUT2D eigenvalue weighted by Crippen LogP contribution is 2.05. The first-order valence-corrected chi connectivity index (χ1v) is 5.22. The molecule has 17 heavy (non-hydrogen) atoms. The van der Waals surface area contributed by atoms with Crippen LogP contribution in [0.25, 0.3) is 0 Å². The van der Waals surface area contributed by atoms with Gasteiger partial charge in [-0.3, -0.25) is 9.59 Å². The summed E-state index contributed by atoms with van der Waals surface area (Å²) in [4.78, 5) is 26.0. The fourth-order valence-electron chi connectivity index (χ4n) is 1.41. The molecule has 0 aliphatic heterocycles. The molecular weight excluding hydrogens is 216 g/mol. The van der Waals surface area contributed by atoms with Gasteiger partial charge < -0.3 is 10.3 Å². The Bertz CT molecular complexity index is 585. The van der Waals surface area contributed by atoms with Crippen molar-refractivity contribution in [1.29, 1.82) is 0 Å². The van der Waals surface area contributed by atoms with Crippen molar-refractivity contribution in [2.75, 3.05) is 5.32 Å². The number of pyridine rings is 1. The highest BCUT2D eigenvalue weighted by Gasteiger charge is 2.07. The maximum absolute atomic E-state index is 11.8. The van der Waals surface area contributed by atoms with Crippen LogP contribution in [0.15, 0.2) is 47.5 Å². The third kappa shape index (κ3) is 2.60. The number of nitrogens with one attached hydrogen (secondary N) is 2. The van der Waals surface area contributed by atoms with E-state index >= 15 is 0 Å². The summed E-state index contributed by atoms with van der Waals surface area (Å²) in [7, 11) is 0. The second kappa shape index (κ2) is 4.65. The third-order valence-electron chi connectivity index (χ3n) is 2.39. The Hall–Kier alpha value is -2.36. The van der Waals surface area contributed by atoms with Gasteiger partial charge in [0.2, 0.25) is 5.43 Å². The SMILES string of the molecule is Cc1ccc(C(=O)Nc2c[nH]ccc2=O)cc1. The topological polar surface area (TPSA) is 62.0 Å². The Balaban J connectivity index is 2.20. The summed E-state index contributed by atoms with van der Waals surface area (Å²) >= 11 is 0. The van der Waals surface area contributed by atoms with Crippen molar-refractivity contribution in [2.45, 2.75) is 6.92 Å². The van der Waals surface area contributed by atoms with Crippen LogP contribution in [0.1, 0.15) is 15.9 Å². The number of carbonyl (C=O) groups excluding carboxylic acids is 1. The highest BCUT2D eigenvalue weighted by atomic mass is 16.2. The standard InChI is InChI=1S/C13H12N2O2/c1-9-2-4-10(5-3-9)13(17)15-11-8-14-7-6-12(11)16/h2-8H,1H3,(H,14,16)(H,15,17). The van der Waals surface area contributed by atoms with E-state index in [4.69, 9.17) is 0 Å². The van der Waals surface area contributed by atoms with Crippen molar-refractivity contribution < 1.29 is 4.79 Å². The number of aromatic nitrogens is 1. The zero-order valence-corrected chi connectivity index (χ0v) is 9.36. The Morgan fingerprint density at radius 2 is 1.88 bits per heavy atom. The molecule has 0 aliphatic rings. The molecule has 0 unspecified atom stereocenters. The number of rotatable bonds is 2. The Labute approximate surface area is 98.3 Å². The molecule has 0 spiro atoms. The molecule has 4 heteroatoms. The Kier molecular flexibility index (Phi) is 3.05. The molecule has 0 radical (unpaired) electrons. The number of hydrogen-bond donors (Lipinski definition) is 2. The van der Waals surface area contributed by atoms with Gasteiger partial charge in [0.1, 0.15) is 5.69 Å². The van der Waals surface area contributed by atoms with E-state index in [9.17, 15) is 9.59 Å². The molecule has 4 nitrogen and oxygen atoms in total. The van der Waals surface area contributed by atoms with Crippen LogP contribution >= 0.6 is 0 Å². The van der Waals surface area contributed by atoms with Crippen LogP contribution in [0.2, 0.25) is 0 Å². The fourth-order valence-corrected chi connectivity index (χ4v) is 1.41. The number of amides is 1. The number of aromatic amines is 1. The van der Waals surface area contributed by atoms with Gasteiger partial charge in [-0.2, -0.15) is 0 Å². The molecule has 0 aliphatic carbocycles. The number of benzene rings is 1. The van der Waals surface area contributed by atoms with E-state index < -0.39 is 0 Å². The lowest BCUT2D eigenvalue weighted by atomic mass is 10.1. The predicted octanol–water partition coefficient (Wildman–Crippen LogP) is 1.94. The third-order valence-corrected chi connectivity index (χ3v) is 2.39. The van der Waals surface area contributed by atoms with E-state index in [1.807, 2.05) is 19.1 Å². The minimum absolute atomic E-state index is 0.218. The first kappa shape index (κ1) is 11.1. The number of hydrogen-bond acceptors (Lipinski definition) is 2. The number of anilines is 1. The van der Waals surface area contributed by atoms with Crippen LogP contribution in [-0.2, 0) is 0 Å². The normalized spacial score (nSPS) is 9.94. The van der Waals surface area contributed by atoms with Crippen molar-refractivity contribution in [3.8, 4) is 0 Å². The molecule has 1 aromatic heterocycles. The highest BCUT2D eigenvalue weighted by molar-refractivity contribution is 6.04. The molecule has 0 atom stereocenters. The Morgan fingerprint density at radius 3 is 2.53 bits per heavy atom. The first-order chi connectivity index (χ1) is 8.16. The minimum Gasteiger partial charge on any atom is -0.366 e. The van der Waals surface area contributed by atoms with Gasteiger partial charge in [-0.15, -0.1) is 0 Å². The second-order valence-electron chi connectivity index (χ2n) is 3.74. The van der Waals surface area contributed by atoms with E-state index in [2.05, 4.69) is 10.3 Å².